The second-order valence-corrected chi connectivity index (χ2v) is 5.40. The molecule has 6 nitrogen and oxygen atoms in total. The monoisotopic (exact) mass is 357 g/mol. The Hall–Kier alpha value is -3.22. The molecule has 0 heterocycles. The standard InChI is InChI=1S/C19H20FN3O3/c1-2-11-26-17-9-5-15(6-10-17)19(25)21-13-18(24)23-22-12-14-3-7-16(20)8-4-14/h3-10,12H,2,11,13H2,1H3,(H,21,25)(H,23,24). The first-order valence-electron chi connectivity index (χ1n) is 8.17. The lowest BCUT2D eigenvalue weighted by Crippen LogP contribution is -2.34. The van der Waals surface area contributed by atoms with Crippen molar-refractivity contribution >= 4 is 18.0 Å². The fourth-order valence-corrected chi connectivity index (χ4v) is 1.95. The summed E-state index contributed by atoms with van der Waals surface area (Å²) in [5.41, 5.74) is 3.35. The fraction of sp³-hybridized carbons (Fsp3) is 0.211. The molecule has 0 atom stereocenters. The molecule has 136 valence electrons. The maximum Gasteiger partial charge on any atom is 0.259 e. The molecule has 0 aliphatic carbocycles. The highest BCUT2D eigenvalue weighted by atomic mass is 19.1. The molecular weight excluding hydrogens is 337 g/mol. The zero-order valence-electron chi connectivity index (χ0n) is 14.4. The topological polar surface area (TPSA) is 79.8 Å². The van der Waals surface area contributed by atoms with Gasteiger partial charge in [0.1, 0.15) is 11.6 Å². The fourth-order valence-electron chi connectivity index (χ4n) is 1.95. The Bertz CT molecular complexity index is 759. The quantitative estimate of drug-likeness (QED) is 0.563. The van der Waals surface area contributed by atoms with Crippen LogP contribution in [0.1, 0.15) is 29.3 Å². The van der Waals surface area contributed by atoms with Crippen molar-refractivity contribution in [3.63, 3.8) is 0 Å². The Morgan fingerprint density at radius 1 is 1.12 bits per heavy atom. The van der Waals surface area contributed by atoms with Crippen molar-refractivity contribution in [3.05, 3.63) is 65.5 Å². The molecule has 0 bridgehead atoms. The smallest absolute Gasteiger partial charge is 0.259 e. The second kappa shape index (κ2) is 9.93. The van der Waals surface area contributed by atoms with Crippen molar-refractivity contribution in [2.24, 2.45) is 5.10 Å². The molecule has 7 heteroatoms. The van der Waals surface area contributed by atoms with Crippen LogP contribution in [0.15, 0.2) is 53.6 Å². The van der Waals surface area contributed by atoms with Gasteiger partial charge in [0.25, 0.3) is 11.8 Å². The molecule has 0 unspecified atom stereocenters. The third-order valence-corrected chi connectivity index (χ3v) is 3.27. The summed E-state index contributed by atoms with van der Waals surface area (Å²) >= 11 is 0. The number of amides is 2. The van der Waals surface area contributed by atoms with Gasteiger partial charge in [-0.3, -0.25) is 9.59 Å². The van der Waals surface area contributed by atoms with Crippen LogP contribution in [0.2, 0.25) is 0 Å². The van der Waals surface area contributed by atoms with Gasteiger partial charge in [0.15, 0.2) is 0 Å². The van der Waals surface area contributed by atoms with Gasteiger partial charge in [-0.15, -0.1) is 0 Å². The zero-order chi connectivity index (χ0) is 18.8. The van der Waals surface area contributed by atoms with Gasteiger partial charge in [0.2, 0.25) is 0 Å². The molecule has 2 N–H and O–H groups in total. The molecule has 0 saturated heterocycles. The van der Waals surface area contributed by atoms with Crippen LogP contribution in [-0.2, 0) is 4.79 Å². The highest BCUT2D eigenvalue weighted by molar-refractivity contribution is 5.96. The number of hydrogen-bond acceptors (Lipinski definition) is 4. The number of carbonyl (C=O) groups is 2. The van der Waals surface area contributed by atoms with Crippen LogP contribution in [0.25, 0.3) is 0 Å². The van der Waals surface area contributed by atoms with Crippen LogP contribution < -0.4 is 15.5 Å². The lowest BCUT2D eigenvalue weighted by molar-refractivity contribution is -0.120. The number of nitrogens with one attached hydrogen (secondary N) is 2. The van der Waals surface area contributed by atoms with E-state index >= 15 is 0 Å². The summed E-state index contributed by atoms with van der Waals surface area (Å²) in [4.78, 5) is 23.7. The van der Waals surface area contributed by atoms with E-state index in [0.29, 0.717) is 23.5 Å². The van der Waals surface area contributed by atoms with Gasteiger partial charge >= 0.3 is 0 Å². The molecule has 0 aliphatic heterocycles. The molecule has 26 heavy (non-hydrogen) atoms. The van der Waals surface area contributed by atoms with Crippen LogP contribution in [-0.4, -0.2) is 31.2 Å². The second-order valence-electron chi connectivity index (χ2n) is 5.40. The molecule has 0 aromatic heterocycles. The predicted molar refractivity (Wildman–Crippen MR) is 96.7 cm³/mol. The van der Waals surface area contributed by atoms with E-state index in [-0.39, 0.29) is 18.3 Å². The maximum absolute atomic E-state index is 12.8. The predicted octanol–water partition coefficient (Wildman–Crippen LogP) is 2.49. The number of hydrazone groups is 1. The number of rotatable bonds is 8. The summed E-state index contributed by atoms with van der Waals surface area (Å²) in [6, 6.07) is 12.3. The summed E-state index contributed by atoms with van der Waals surface area (Å²) < 4.78 is 18.2. The summed E-state index contributed by atoms with van der Waals surface area (Å²) in [6.45, 7) is 2.41. The molecule has 0 spiro atoms. The van der Waals surface area contributed by atoms with E-state index in [2.05, 4.69) is 15.8 Å². The van der Waals surface area contributed by atoms with E-state index in [1.807, 2.05) is 6.92 Å². The first-order chi connectivity index (χ1) is 12.6. The molecule has 2 aromatic carbocycles. The average molecular weight is 357 g/mol. The number of benzene rings is 2. The minimum atomic E-state index is -0.473. The lowest BCUT2D eigenvalue weighted by atomic mass is 10.2. The third-order valence-electron chi connectivity index (χ3n) is 3.27. The van der Waals surface area contributed by atoms with E-state index in [0.717, 1.165) is 6.42 Å². The van der Waals surface area contributed by atoms with Crippen LogP contribution in [0.4, 0.5) is 4.39 Å². The SMILES string of the molecule is CCCOc1ccc(C(=O)NCC(=O)NN=Cc2ccc(F)cc2)cc1. The maximum atomic E-state index is 12.8. The Morgan fingerprint density at radius 3 is 2.46 bits per heavy atom. The largest absolute Gasteiger partial charge is 0.494 e. The van der Waals surface area contributed by atoms with Gasteiger partial charge in [-0.1, -0.05) is 19.1 Å². The van der Waals surface area contributed by atoms with Crippen LogP contribution in [0.3, 0.4) is 0 Å². The van der Waals surface area contributed by atoms with Gasteiger partial charge in [-0.25, -0.2) is 9.82 Å². The number of carbonyl (C=O) groups excluding carboxylic acids is 2. The number of hydrogen-bond donors (Lipinski definition) is 2. The Balaban J connectivity index is 1.75. The van der Waals surface area contributed by atoms with Crippen molar-refractivity contribution in [1.29, 1.82) is 0 Å². The van der Waals surface area contributed by atoms with E-state index in [1.165, 1.54) is 30.5 Å². The molecule has 0 aliphatic rings. The minimum Gasteiger partial charge on any atom is -0.494 e. The Kier molecular flexibility index (Phi) is 7.30. The summed E-state index contributed by atoms with van der Waals surface area (Å²) in [7, 11) is 0. The number of halogens is 1. The molecule has 2 amide bonds. The zero-order valence-corrected chi connectivity index (χ0v) is 14.4. The van der Waals surface area contributed by atoms with E-state index in [4.69, 9.17) is 4.74 Å². The highest BCUT2D eigenvalue weighted by Crippen LogP contribution is 2.12. The van der Waals surface area contributed by atoms with Crippen LogP contribution in [0.5, 0.6) is 5.75 Å². The molecule has 0 radical (unpaired) electrons. The Morgan fingerprint density at radius 2 is 1.81 bits per heavy atom. The van der Waals surface area contributed by atoms with E-state index in [1.54, 1.807) is 24.3 Å². The number of ether oxygens (including phenoxy) is 1. The molecular formula is C19H20FN3O3. The average Bonchev–Trinajstić information content (AvgIpc) is 2.66. The molecule has 0 fully saturated rings. The van der Waals surface area contributed by atoms with Crippen molar-refractivity contribution in [2.45, 2.75) is 13.3 Å². The third kappa shape index (κ3) is 6.35. The van der Waals surface area contributed by atoms with E-state index in [9.17, 15) is 14.0 Å². The van der Waals surface area contributed by atoms with Crippen molar-refractivity contribution in [2.75, 3.05) is 13.2 Å². The normalized spacial score (nSPS) is 10.5. The van der Waals surface area contributed by atoms with Gasteiger partial charge in [0.05, 0.1) is 19.4 Å². The minimum absolute atomic E-state index is 0.215. The molecule has 0 saturated carbocycles. The van der Waals surface area contributed by atoms with Gasteiger partial charge < -0.3 is 10.1 Å². The number of nitrogens with zero attached hydrogens (tertiary/aromatic N) is 1. The molecule has 2 rings (SSSR count). The first-order valence-corrected chi connectivity index (χ1v) is 8.17. The summed E-state index contributed by atoms with van der Waals surface area (Å²) in [5, 5.41) is 6.25. The highest BCUT2D eigenvalue weighted by Gasteiger charge is 2.07. The summed E-state index contributed by atoms with van der Waals surface area (Å²) in [6.07, 6.45) is 2.29. The van der Waals surface area contributed by atoms with Crippen LogP contribution >= 0.6 is 0 Å². The van der Waals surface area contributed by atoms with Crippen molar-refractivity contribution in [3.8, 4) is 5.75 Å². The summed E-state index contributed by atoms with van der Waals surface area (Å²) in [5.74, 6) is -0.501. The Labute approximate surface area is 151 Å². The van der Waals surface area contributed by atoms with Gasteiger partial charge in [0, 0.05) is 5.56 Å². The van der Waals surface area contributed by atoms with Gasteiger partial charge in [-0.2, -0.15) is 5.10 Å². The van der Waals surface area contributed by atoms with Crippen molar-refractivity contribution < 1.29 is 18.7 Å². The lowest BCUT2D eigenvalue weighted by Gasteiger charge is -2.06. The van der Waals surface area contributed by atoms with Crippen LogP contribution in [0, 0.1) is 5.82 Å². The molecule has 2 aromatic rings. The van der Waals surface area contributed by atoms with E-state index < -0.39 is 5.91 Å². The van der Waals surface area contributed by atoms with Crippen molar-refractivity contribution in [1.82, 2.24) is 10.7 Å². The first kappa shape index (κ1) is 19.1. The van der Waals surface area contributed by atoms with Gasteiger partial charge in [-0.05, 0) is 48.4 Å².